The number of phenols is 1. The number of ether oxygens (including phenoxy) is 1. The summed E-state index contributed by atoms with van der Waals surface area (Å²) in [5.41, 5.74) is 1.27. The van der Waals surface area contributed by atoms with E-state index in [9.17, 15) is 5.11 Å². The summed E-state index contributed by atoms with van der Waals surface area (Å²) in [7, 11) is 0. The van der Waals surface area contributed by atoms with E-state index in [0.717, 1.165) is 32.2 Å². The van der Waals surface area contributed by atoms with Crippen LogP contribution in [0.15, 0.2) is 36.6 Å². The number of benzene rings is 1. The van der Waals surface area contributed by atoms with E-state index in [2.05, 4.69) is 18.3 Å². The van der Waals surface area contributed by atoms with E-state index in [1.165, 1.54) is 5.56 Å². The molecular formula is C16H23NO2. The molecule has 1 aromatic carbocycles. The van der Waals surface area contributed by atoms with Crippen molar-refractivity contribution >= 4 is 0 Å². The molecule has 104 valence electrons. The van der Waals surface area contributed by atoms with Crippen LogP contribution < -0.4 is 5.32 Å². The van der Waals surface area contributed by atoms with Crippen molar-refractivity contribution in [3.05, 3.63) is 42.2 Å². The molecule has 0 aliphatic carbocycles. The number of rotatable bonds is 6. The van der Waals surface area contributed by atoms with Crippen LogP contribution in [0, 0.1) is 0 Å². The number of allylic oxidation sites excluding steroid dienone is 1. The first-order valence-corrected chi connectivity index (χ1v) is 7.06. The lowest BCUT2D eigenvalue weighted by Gasteiger charge is -2.22. The highest BCUT2D eigenvalue weighted by Gasteiger charge is 2.12. The fraction of sp³-hybridized carbons (Fsp3) is 0.500. The molecule has 1 aliphatic rings. The van der Waals surface area contributed by atoms with Crippen molar-refractivity contribution < 1.29 is 9.84 Å². The Labute approximate surface area is 115 Å². The molecular weight excluding hydrogens is 238 g/mol. The molecule has 0 unspecified atom stereocenters. The predicted octanol–water partition coefficient (Wildman–Crippen LogP) is 3.00. The smallest absolute Gasteiger partial charge is 0.115 e. The lowest BCUT2D eigenvalue weighted by molar-refractivity contribution is 0.119. The summed E-state index contributed by atoms with van der Waals surface area (Å²) in [4.78, 5) is 0. The normalized spacial score (nSPS) is 19.9. The molecule has 2 atom stereocenters. The van der Waals surface area contributed by atoms with Gasteiger partial charge < -0.3 is 15.2 Å². The number of nitrogens with one attached hydrogen (secondary N) is 1. The molecule has 0 radical (unpaired) electrons. The molecule has 2 N–H and O–H groups in total. The van der Waals surface area contributed by atoms with Gasteiger partial charge in [-0.3, -0.25) is 0 Å². The highest BCUT2D eigenvalue weighted by molar-refractivity contribution is 5.25. The zero-order valence-corrected chi connectivity index (χ0v) is 11.5. The fourth-order valence-electron chi connectivity index (χ4n) is 2.22. The Morgan fingerprint density at radius 1 is 1.37 bits per heavy atom. The molecule has 0 fully saturated rings. The molecule has 0 spiro atoms. The van der Waals surface area contributed by atoms with Crippen LogP contribution in [0.2, 0.25) is 0 Å². The van der Waals surface area contributed by atoms with Gasteiger partial charge in [0.2, 0.25) is 0 Å². The second-order valence-electron chi connectivity index (χ2n) is 5.22. The third kappa shape index (κ3) is 4.95. The summed E-state index contributed by atoms with van der Waals surface area (Å²) in [5, 5.41) is 12.8. The number of phenolic OH excluding ortho intramolecular Hbond substituents is 1. The van der Waals surface area contributed by atoms with Crippen LogP contribution in [-0.2, 0) is 11.2 Å². The van der Waals surface area contributed by atoms with Crippen molar-refractivity contribution in [2.24, 2.45) is 0 Å². The second-order valence-corrected chi connectivity index (χ2v) is 5.22. The van der Waals surface area contributed by atoms with Gasteiger partial charge in [-0.2, -0.15) is 0 Å². The van der Waals surface area contributed by atoms with Crippen molar-refractivity contribution in [1.29, 1.82) is 0 Å². The van der Waals surface area contributed by atoms with Gasteiger partial charge in [0.05, 0.1) is 6.26 Å². The topological polar surface area (TPSA) is 41.5 Å². The van der Waals surface area contributed by atoms with Crippen LogP contribution in [-0.4, -0.2) is 23.8 Å². The maximum Gasteiger partial charge on any atom is 0.115 e. The quantitative estimate of drug-likeness (QED) is 0.827. The molecule has 1 heterocycles. The van der Waals surface area contributed by atoms with Gasteiger partial charge in [0, 0.05) is 12.6 Å². The van der Waals surface area contributed by atoms with Gasteiger partial charge in [-0.1, -0.05) is 12.1 Å². The maximum atomic E-state index is 9.23. The molecule has 19 heavy (non-hydrogen) atoms. The lowest BCUT2D eigenvalue weighted by Crippen LogP contribution is -2.35. The average molecular weight is 261 g/mol. The van der Waals surface area contributed by atoms with Gasteiger partial charge in [-0.05, 0) is 56.4 Å². The minimum atomic E-state index is 0.320. The van der Waals surface area contributed by atoms with Gasteiger partial charge in [-0.15, -0.1) is 0 Å². The first-order chi connectivity index (χ1) is 9.24. The third-order valence-corrected chi connectivity index (χ3v) is 3.52. The standard InChI is InChI=1S/C16H23NO2/c1-13(17-12-16-4-2-3-11-19-16)5-6-14-7-9-15(18)10-8-14/h3,7-11,13,16-18H,2,4-6,12H2,1H3/t13-,16-/m1/s1. The fourth-order valence-corrected chi connectivity index (χ4v) is 2.22. The van der Waals surface area contributed by atoms with E-state index < -0.39 is 0 Å². The molecule has 0 bridgehead atoms. The number of aromatic hydroxyl groups is 1. The lowest BCUT2D eigenvalue weighted by atomic mass is 10.1. The summed E-state index contributed by atoms with van der Waals surface area (Å²) in [6.07, 6.45) is 8.55. The molecule has 0 saturated heterocycles. The van der Waals surface area contributed by atoms with E-state index in [0.29, 0.717) is 17.9 Å². The van der Waals surface area contributed by atoms with Crippen LogP contribution in [0.5, 0.6) is 5.75 Å². The minimum Gasteiger partial charge on any atom is -0.508 e. The van der Waals surface area contributed by atoms with E-state index in [-0.39, 0.29) is 0 Å². The van der Waals surface area contributed by atoms with Crippen molar-refractivity contribution in [2.75, 3.05) is 6.54 Å². The summed E-state index contributed by atoms with van der Waals surface area (Å²) >= 11 is 0. The Bertz CT molecular complexity index is 400. The third-order valence-electron chi connectivity index (χ3n) is 3.52. The van der Waals surface area contributed by atoms with E-state index in [1.54, 1.807) is 12.1 Å². The van der Waals surface area contributed by atoms with Crippen LogP contribution in [0.25, 0.3) is 0 Å². The van der Waals surface area contributed by atoms with Gasteiger partial charge in [0.15, 0.2) is 0 Å². The zero-order valence-electron chi connectivity index (χ0n) is 11.5. The van der Waals surface area contributed by atoms with Crippen molar-refractivity contribution in [3.8, 4) is 5.75 Å². The van der Waals surface area contributed by atoms with Gasteiger partial charge in [0.1, 0.15) is 11.9 Å². The molecule has 1 aromatic rings. The number of aryl methyl sites for hydroxylation is 1. The monoisotopic (exact) mass is 261 g/mol. The zero-order chi connectivity index (χ0) is 13.5. The van der Waals surface area contributed by atoms with Crippen LogP contribution in [0.4, 0.5) is 0 Å². The van der Waals surface area contributed by atoms with E-state index in [4.69, 9.17) is 4.74 Å². The summed E-state index contributed by atoms with van der Waals surface area (Å²) in [6.45, 7) is 3.13. The summed E-state index contributed by atoms with van der Waals surface area (Å²) in [5.74, 6) is 0.331. The van der Waals surface area contributed by atoms with Crippen LogP contribution >= 0.6 is 0 Å². The Hall–Kier alpha value is -1.48. The van der Waals surface area contributed by atoms with Crippen molar-refractivity contribution in [2.45, 2.75) is 44.8 Å². The molecule has 1 aliphatic heterocycles. The Kier molecular flexibility index (Phi) is 5.28. The highest BCUT2D eigenvalue weighted by Crippen LogP contribution is 2.12. The van der Waals surface area contributed by atoms with E-state index >= 15 is 0 Å². The maximum absolute atomic E-state index is 9.23. The highest BCUT2D eigenvalue weighted by atomic mass is 16.5. The van der Waals surface area contributed by atoms with E-state index in [1.807, 2.05) is 18.4 Å². The molecule has 2 rings (SSSR count). The van der Waals surface area contributed by atoms with Gasteiger partial charge >= 0.3 is 0 Å². The predicted molar refractivity (Wildman–Crippen MR) is 77.1 cm³/mol. The Balaban J connectivity index is 1.65. The van der Waals surface area contributed by atoms with Gasteiger partial charge in [-0.25, -0.2) is 0 Å². The van der Waals surface area contributed by atoms with Crippen LogP contribution in [0.1, 0.15) is 31.7 Å². The average Bonchev–Trinajstić information content (AvgIpc) is 2.45. The van der Waals surface area contributed by atoms with Gasteiger partial charge in [0.25, 0.3) is 0 Å². The molecule has 3 nitrogen and oxygen atoms in total. The number of hydrogen-bond acceptors (Lipinski definition) is 3. The second kappa shape index (κ2) is 7.19. The molecule has 0 aromatic heterocycles. The van der Waals surface area contributed by atoms with Crippen molar-refractivity contribution in [3.63, 3.8) is 0 Å². The summed E-state index contributed by atoms with van der Waals surface area (Å²) < 4.78 is 5.53. The molecule has 3 heteroatoms. The summed E-state index contributed by atoms with van der Waals surface area (Å²) in [6, 6.07) is 7.93. The SMILES string of the molecule is C[C@H](CCc1ccc(O)cc1)NC[C@H]1CCC=CO1. The van der Waals surface area contributed by atoms with Crippen LogP contribution in [0.3, 0.4) is 0 Å². The first kappa shape index (κ1) is 13.9. The number of hydrogen-bond donors (Lipinski definition) is 2. The molecule has 0 amide bonds. The largest absolute Gasteiger partial charge is 0.508 e. The molecule has 0 saturated carbocycles. The first-order valence-electron chi connectivity index (χ1n) is 7.06. The Morgan fingerprint density at radius 3 is 2.84 bits per heavy atom. The minimum absolute atomic E-state index is 0.320. The Morgan fingerprint density at radius 2 is 2.16 bits per heavy atom. The van der Waals surface area contributed by atoms with Crippen molar-refractivity contribution in [1.82, 2.24) is 5.32 Å².